The van der Waals surface area contributed by atoms with Crippen LogP contribution in [0.4, 0.5) is 4.79 Å². The van der Waals surface area contributed by atoms with Gasteiger partial charge in [-0.05, 0) is 38.5 Å². The predicted octanol–water partition coefficient (Wildman–Crippen LogP) is 3.63. The van der Waals surface area contributed by atoms with Gasteiger partial charge in [-0.15, -0.1) is 0 Å². The maximum absolute atomic E-state index is 11.7. The second kappa shape index (κ2) is 4.22. The lowest BCUT2D eigenvalue weighted by atomic mass is 10.00. The zero-order chi connectivity index (χ0) is 12.6. The van der Waals surface area contributed by atoms with Crippen LogP contribution >= 0.6 is 11.6 Å². The highest BCUT2D eigenvalue weighted by molar-refractivity contribution is 6.30. The normalized spacial score (nSPS) is 20.6. The van der Waals surface area contributed by atoms with E-state index in [-0.39, 0.29) is 17.7 Å². The summed E-state index contributed by atoms with van der Waals surface area (Å²) in [5.74, 6) is 0. The molecular weight excluding hydrogens is 238 g/mol. The Balaban J connectivity index is 2.32. The summed E-state index contributed by atoms with van der Waals surface area (Å²) in [6.45, 7) is 6.41. The van der Waals surface area contributed by atoms with Crippen molar-refractivity contribution in [1.29, 1.82) is 0 Å². The molecule has 1 aromatic carbocycles. The zero-order valence-electron chi connectivity index (χ0n) is 10.2. The highest BCUT2D eigenvalue weighted by Gasteiger charge is 2.40. The number of carbonyl (C=O) groups excluding carboxylic acids is 1. The maximum Gasteiger partial charge on any atom is 0.410 e. The van der Waals surface area contributed by atoms with E-state index in [0.717, 1.165) is 5.56 Å². The molecule has 2 rings (SSSR count). The van der Waals surface area contributed by atoms with E-state index in [1.807, 2.05) is 45.0 Å². The maximum atomic E-state index is 11.7. The molecule has 0 bridgehead atoms. The van der Waals surface area contributed by atoms with Crippen LogP contribution in [0.25, 0.3) is 0 Å². The number of nitrogens with zero attached hydrogens (tertiary/aromatic N) is 1. The van der Waals surface area contributed by atoms with Crippen molar-refractivity contribution in [2.45, 2.75) is 32.4 Å². The summed E-state index contributed by atoms with van der Waals surface area (Å²) >= 11 is 5.86. The molecule has 1 amide bonds. The molecule has 1 aromatic rings. The van der Waals surface area contributed by atoms with Crippen LogP contribution in [0, 0.1) is 0 Å². The molecule has 0 aliphatic carbocycles. The molecule has 1 fully saturated rings. The van der Waals surface area contributed by atoms with Crippen molar-refractivity contribution in [3.8, 4) is 0 Å². The van der Waals surface area contributed by atoms with Gasteiger partial charge in [-0.25, -0.2) is 4.79 Å². The van der Waals surface area contributed by atoms with E-state index in [9.17, 15) is 4.79 Å². The van der Waals surface area contributed by atoms with Crippen LogP contribution in [0.3, 0.4) is 0 Å². The van der Waals surface area contributed by atoms with Gasteiger partial charge >= 0.3 is 6.09 Å². The standard InChI is InChI=1S/C13H16ClNO2/c1-13(2,3)15-11(8-17-12(15)16)9-4-6-10(14)7-5-9/h4-7,11H,8H2,1-3H3/t11-/m0/s1. The molecule has 4 heteroatoms. The SMILES string of the molecule is CC(C)(C)N1C(=O)OC[C@H]1c1ccc(Cl)cc1. The molecule has 92 valence electrons. The Kier molecular flexibility index (Phi) is 3.04. The number of ether oxygens (including phenoxy) is 1. The van der Waals surface area contributed by atoms with Gasteiger partial charge in [-0.3, -0.25) is 4.90 Å². The van der Waals surface area contributed by atoms with E-state index in [4.69, 9.17) is 16.3 Å². The van der Waals surface area contributed by atoms with Gasteiger partial charge in [0.15, 0.2) is 0 Å². The number of carbonyl (C=O) groups is 1. The molecule has 17 heavy (non-hydrogen) atoms. The summed E-state index contributed by atoms with van der Waals surface area (Å²) in [7, 11) is 0. The number of halogens is 1. The Morgan fingerprint density at radius 2 is 1.88 bits per heavy atom. The van der Waals surface area contributed by atoms with Crippen molar-refractivity contribution in [3.63, 3.8) is 0 Å². The molecule has 3 nitrogen and oxygen atoms in total. The van der Waals surface area contributed by atoms with Gasteiger partial charge in [0.2, 0.25) is 0 Å². The van der Waals surface area contributed by atoms with E-state index in [1.165, 1.54) is 0 Å². The van der Waals surface area contributed by atoms with E-state index < -0.39 is 0 Å². The van der Waals surface area contributed by atoms with Crippen molar-refractivity contribution in [3.05, 3.63) is 34.9 Å². The number of benzene rings is 1. The molecule has 1 atom stereocenters. The van der Waals surface area contributed by atoms with Crippen LogP contribution in [-0.4, -0.2) is 23.1 Å². The van der Waals surface area contributed by atoms with E-state index in [2.05, 4.69) is 0 Å². The van der Waals surface area contributed by atoms with Gasteiger partial charge in [0.05, 0.1) is 6.04 Å². The van der Waals surface area contributed by atoms with Gasteiger partial charge in [0.25, 0.3) is 0 Å². The Hall–Kier alpha value is -1.22. The van der Waals surface area contributed by atoms with E-state index in [0.29, 0.717) is 11.6 Å². The first kappa shape index (κ1) is 12.2. The fraction of sp³-hybridized carbons (Fsp3) is 0.462. The Bertz CT molecular complexity index is 422. The minimum absolute atomic E-state index is 0.0280. The predicted molar refractivity (Wildman–Crippen MR) is 67.1 cm³/mol. The van der Waals surface area contributed by atoms with Gasteiger partial charge in [-0.1, -0.05) is 23.7 Å². The molecule has 0 unspecified atom stereocenters. The fourth-order valence-corrected chi connectivity index (χ4v) is 2.22. The van der Waals surface area contributed by atoms with Crippen LogP contribution in [0.1, 0.15) is 32.4 Å². The number of cyclic esters (lactones) is 1. The summed E-state index contributed by atoms with van der Waals surface area (Å²) in [5.41, 5.74) is 0.799. The molecule has 1 heterocycles. The van der Waals surface area contributed by atoms with Crippen molar-refractivity contribution >= 4 is 17.7 Å². The summed E-state index contributed by atoms with van der Waals surface area (Å²) in [4.78, 5) is 13.5. The largest absolute Gasteiger partial charge is 0.447 e. The van der Waals surface area contributed by atoms with Crippen LogP contribution in [0.15, 0.2) is 24.3 Å². The summed E-state index contributed by atoms with van der Waals surface area (Å²) in [6, 6.07) is 7.52. The third-order valence-electron chi connectivity index (χ3n) is 2.85. The lowest BCUT2D eigenvalue weighted by molar-refractivity contribution is 0.122. The average molecular weight is 254 g/mol. The van der Waals surface area contributed by atoms with Gasteiger partial charge in [0.1, 0.15) is 6.61 Å². The first-order valence-electron chi connectivity index (χ1n) is 5.61. The molecule has 0 N–H and O–H groups in total. The third kappa shape index (κ3) is 2.39. The smallest absolute Gasteiger partial charge is 0.410 e. The fourth-order valence-electron chi connectivity index (χ4n) is 2.09. The first-order valence-corrected chi connectivity index (χ1v) is 5.99. The number of hydrogen-bond acceptors (Lipinski definition) is 2. The van der Waals surface area contributed by atoms with Crippen LogP contribution in [0.5, 0.6) is 0 Å². The van der Waals surface area contributed by atoms with Crippen molar-refractivity contribution < 1.29 is 9.53 Å². The molecular formula is C13H16ClNO2. The first-order chi connectivity index (χ1) is 7.89. The minimum Gasteiger partial charge on any atom is -0.447 e. The Labute approximate surface area is 106 Å². The van der Waals surface area contributed by atoms with E-state index >= 15 is 0 Å². The van der Waals surface area contributed by atoms with Crippen molar-refractivity contribution in [2.24, 2.45) is 0 Å². The monoisotopic (exact) mass is 253 g/mol. The molecule has 1 aliphatic rings. The number of rotatable bonds is 1. The van der Waals surface area contributed by atoms with E-state index in [1.54, 1.807) is 4.90 Å². The molecule has 1 saturated heterocycles. The minimum atomic E-state index is -0.252. The van der Waals surface area contributed by atoms with Gasteiger partial charge in [0, 0.05) is 10.6 Å². The van der Waals surface area contributed by atoms with Crippen LogP contribution in [-0.2, 0) is 4.74 Å². The third-order valence-corrected chi connectivity index (χ3v) is 3.10. The lowest BCUT2D eigenvalue weighted by Gasteiger charge is -2.34. The molecule has 1 aliphatic heterocycles. The average Bonchev–Trinajstić information content (AvgIpc) is 2.61. The highest BCUT2D eigenvalue weighted by Crippen LogP contribution is 2.34. The summed E-state index contributed by atoms with van der Waals surface area (Å²) < 4.78 is 5.14. The quantitative estimate of drug-likeness (QED) is 0.765. The zero-order valence-corrected chi connectivity index (χ0v) is 11.0. The van der Waals surface area contributed by atoms with Crippen molar-refractivity contribution in [2.75, 3.05) is 6.61 Å². The van der Waals surface area contributed by atoms with Gasteiger partial charge in [-0.2, -0.15) is 0 Å². The molecule has 0 spiro atoms. The molecule has 0 radical (unpaired) electrons. The number of amides is 1. The lowest BCUT2D eigenvalue weighted by Crippen LogP contribution is -2.43. The Morgan fingerprint density at radius 1 is 1.29 bits per heavy atom. The highest BCUT2D eigenvalue weighted by atomic mass is 35.5. The molecule has 0 aromatic heterocycles. The Morgan fingerprint density at radius 3 is 2.41 bits per heavy atom. The summed E-state index contributed by atoms with van der Waals surface area (Å²) in [6.07, 6.45) is -0.252. The van der Waals surface area contributed by atoms with Gasteiger partial charge < -0.3 is 4.74 Å². The van der Waals surface area contributed by atoms with Crippen molar-refractivity contribution in [1.82, 2.24) is 4.90 Å². The van der Waals surface area contributed by atoms with Crippen LogP contribution in [0.2, 0.25) is 5.02 Å². The second-order valence-electron chi connectivity index (χ2n) is 5.19. The topological polar surface area (TPSA) is 29.5 Å². The summed E-state index contributed by atoms with van der Waals surface area (Å²) in [5, 5.41) is 0.696. The van der Waals surface area contributed by atoms with Crippen LogP contribution < -0.4 is 0 Å². The second-order valence-corrected chi connectivity index (χ2v) is 5.62. The molecule has 0 saturated carbocycles. The number of hydrogen-bond donors (Lipinski definition) is 0.